The van der Waals surface area contributed by atoms with Gasteiger partial charge < -0.3 is 30.2 Å². The maximum absolute atomic E-state index is 14.1. The molecule has 4 atom stereocenters. The minimum absolute atomic E-state index is 0.0539. The number of alkyl carbamates (subject to hydrolysis) is 1. The van der Waals surface area contributed by atoms with E-state index in [9.17, 15) is 9.59 Å². The van der Waals surface area contributed by atoms with Crippen LogP contribution in [0.2, 0.25) is 5.02 Å². The summed E-state index contributed by atoms with van der Waals surface area (Å²) >= 11 is 6.10. The number of carbonyl (C=O) groups excluding carboxylic acids is 2. The zero-order chi connectivity index (χ0) is 32.3. The number of morpholine rings is 1. The highest BCUT2D eigenvalue weighted by Crippen LogP contribution is 2.31. The van der Waals surface area contributed by atoms with Crippen LogP contribution in [-0.2, 0) is 25.4 Å². The van der Waals surface area contributed by atoms with E-state index in [1.54, 1.807) is 7.11 Å². The van der Waals surface area contributed by atoms with Gasteiger partial charge in [-0.3, -0.25) is 4.79 Å². The summed E-state index contributed by atoms with van der Waals surface area (Å²) in [7, 11) is 2.98. The maximum atomic E-state index is 14.1. The average Bonchev–Trinajstić information content (AvgIpc) is 3.10. The van der Waals surface area contributed by atoms with Gasteiger partial charge in [-0.15, -0.1) is 0 Å². The van der Waals surface area contributed by atoms with Crippen molar-refractivity contribution in [3.05, 3.63) is 136 Å². The van der Waals surface area contributed by atoms with Gasteiger partial charge in [-0.25, -0.2) is 4.79 Å². The van der Waals surface area contributed by atoms with Crippen LogP contribution in [0.3, 0.4) is 0 Å². The third-order valence-electron chi connectivity index (χ3n) is 8.28. The van der Waals surface area contributed by atoms with Crippen LogP contribution in [0.4, 0.5) is 10.5 Å². The Balaban J connectivity index is 1.32. The van der Waals surface area contributed by atoms with Crippen LogP contribution >= 0.6 is 11.6 Å². The van der Waals surface area contributed by atoms with Crippen LogP contribution in [0.15, 0.2) is 109 Å². The lowest BCUT2D eigenvalue weighted by molar-refractivity contribution is -0.118. The fourth-order valence-electron chi connectivity index (χ4n) is 6.00. The molecule has 240 valence electrons. The maximum Gasteiger partial charge on any atom is 0.407 e. The molecule has 2 amide bonds. The second-order valence-electron chi connectivity index (χ2n) is 11.3. The first kappa shape index (κ1) is 33.2. The van der Waals surface area contributed by atoms with Crippen LogP contribution in [-0.4, -0.2) is 57.6 Å². The van der Waals surface area contributed by atoms with Gasteiger partial charge >= 0.3 is 6.09 Å². The quantitative estimate of drug-likeness (QED) is 0.163. The Morgan fingerprint density at radius 1 is 0.848 bits per heavy atom. The number of carbonyl (C=O) groups is 2. The highest BCUT2D eigenvalue weighted by molar-refractivity contribution is 6.30. The molecule has 3 N–H and O–H groups in total. The first-order valence-corrected chi connectivity index (χ1v) is 15.8. The van der Waals surface area contributed by atoms with Gasteiger partial charge in [0, 0.05) is 36.8 Å². The lowest BCUT2D eigenvalue weighted by Gasteiger charge is -2.35. The van der Waals surface area contributed by atoms with Crippen molar-refractivity contribution < 1.29 is 23.8 Å². The Labute approximate surface area is 275 Å². The third kappa shape index (κ3) is 8.53. The Bertz CT molecular complexity index is 1520. The highest BCUT2D eigenvalue weighted by Gasteiger charge is 2.34. The number of benzene rings is 4. The lowest BCUT2D eigenvalue weighted by atomic mass is 9.84. The van der Waals surface area contributed by atoms with E-state index in [1.807, 2.05) is 109 Å². The van der Waals surface area contributed by atoms with Crippen LogP contribution in [0.5, 0.6) is 0 Å². The van der Waals surface area contributed by atoms with Gasteiger partial charge in [0.25, 0.3) is 0 Å². The Kier molecular flexibility index (Phi) is 11.8. The van der Waals surface area contributed by atoms with E-state index >= 15 is 0 Å². The first-order valence-electron chi connectivity index (χ1n) is 15.4. The molecular formula is C37H40ClN3O5. The lowest BCUT2D eigenvalue weighted by Crippen LogP contribution is -2.48. The molecule has 0 saturated carbocycles. The number of hydrogen-bond donors (Lipinski definition) is 3. The van der Waals surface area contributed by atoms with Gasteiger partial charge in [-0.05, 0) is 53.3 Å². The van der Waals surface area contributed by atoms with Crippen LogP contribution < -0.4 is 16.0 Å². The summed E-state index contributed by atoms with van der Waals surface area (Å²) in [6, 6.07) is 33.8. The summed E-state index contributed by atoms with van der Waals surface area (Å²) in [4.78, 5) is 26.6. The highest BCUT2D eigenvalue weighted by atomic mass is 35.5. The molecule has 0 aromatic heterocycles. The monoisotopic (exact) mass is 641 g/mol. The fourth-order valence-corrected chi connectivity index (χ4v) is 6.13. The van der Waals surface area contributed by atoms with Crippen molar-refractivity contribution in [2.75, 3.05) is 32.6 Å². The standard InChI is InChI=1S/C37H40ClN3O5/c1-44-35(28-17-20-29(38)21-18-28)32-24-39-23-30(46-32)22-19-25-11-9-10-16-31(25)40-36(42)34(41-37(43)45-2)33(26-12-5-3-6-13-26)27-14-7-4-8-15-27/h3-18,20-21,30,32-35,39H,19,22-24H2,1-2H3,(H,40,42)(H,41,43)/t30-,32+,34+,35?/m1/s1. The van der Waals surface area contributed by atoms with E-state index in [1.165, 1.54) is 7.11 Å². The molecule has 9 heteroatoms. The number of aryl methyl sites for hydroxylation is 1. The molecule has 0 radical (unpaired) electrons. The minimum Gasteiger partial charge on any atom is -0.453 e. The van der Waals surface area contributed by atoms with Crippen molar-refractivity contribution in [1.29, 1.82) is 0 Å². The summed E-state index contributed by atoms with van der Waals surface area (Å²) in [6.45, 7) is 1.38. The molecule has 1 saturated heterocycles. The molecule has 5 rings (SSSR count). The molecule has 4 aromatic rings. The van der Waals surface area contributed by atoms with Gasteiger partial charge in [0.2, 0.25) is 5.91 Å². The number of rotatable bonds is 12. The molecule has 8 nitrogen and oxygen atoms in total. The average molecular weight is 642 g/mol. The zero-order valence-corrected chi connectivity index (χ0v) is 26.8. The Morgan fingerprint density at radius 3 is 2.11 bits per heavy atom. The van der Waals surface area contributed by atoms with Gasteiger partial charge in [0.1, 0.15) is 18.2 Å². The number of anilines is 1. The van der Waals surface area contributed by atoms with E-state index < -0.39 is 18.1 Å². The minimum atomic E-state index is -0.948. The molecule has 0 aliphatic carbocycles. The van der Waals surface area contributed by atoms with Crippen molar-refractivity contribution in [2.24, 2.45) is 0 Å². The number of methoxy groups -OCH3 is 2. The summed E-state index contributed by atoms with van der Waals surface area (Å²) in [5.74, 6) is -0.807. The van der Waals surface area contributed by atoms with Gasteiger partial charge in [0.15, 0.2) is 0 Å². The van der Waals surface area contributed by atoms with Crippen molar-refractivity contribution in [3.8, 4) is 0 Å². The molecule has 4 aromatic carbocycles. The molecule has 0 bridgehead atoms. The van der Waals surface area contributed by atoms with E-state index in [-0.39, 0.29) is 24.2 Å². The summed E-state index contributed by atoms with van der Waals surface area (Å²) in [5.41, 5.74) is 4.44. The van der Waals surface area contributed by atoms with E-state index in [0.29, 0.717) is 30.2 Å². The Hall–Kier alpha value is -4.21. The van der Waals surface area contributed by atoms with Crippen LogP contribution in [0, 0.1) is 0 Å². The second kappa shape index (κ2) is 16.4. The second-order valence-corrected chi connectivity index (χ2v) is 11.7. The molecule has 0 spiro atoms. The van der Waals surface area contributed by atoms with Gasteiger partial charge in [-0.1, -0.05) is 103 Å². The van der Waals surface area contributed by atoms with Gasteiger partial charge in [-0.2, -0.15) is 0 Å². The van der Waals surface area contributed by atoms with E-state index in [0.717, 1.165) is 28.7 Å². The number of hydrogen-bond acceptors (Lipinski definition) is 6. The summed E-state index contributed by atoms with van der Waals surface area (Å²) < 4.78 is 17.3. The predicted molar refractivity (Wildman–Crippen MR) is 180 cm³/mol. The fraction of sp³-hybridized carbons (Fsp3) is 0.297. The topological polar surface area (TPSA) is 97.9 Å². The van der Waals surface area contributed by atoms with Crippen molar-refractivity contribution in [1.82, 2.24) is 10.6 Å². The van der Waals surface area contributed by atoms with E-state index in [4.69, 9.17) is 25.8 Å². The number of para-hydroxylation sites is 1. The van der Waals surface area contributed by atoms with Crippen molar-refractivity contribution >= 4 is 29.3 Å². The molecule has 1 unspecified atom stereocenters. The van der Waals surface area contributed by atoms with Gasteiger partial charge in [0.05, 0.1) is 13.2 Å². The first-order chi connectivity index (χ1) is 22.5. The molecular weight excluding hydrogens is 602 g/mol. The normalized spacial score (nSPS) is 17.6. The number of amides is 2. The van der Waals surface area contributed by atoms with Crippen LogP contribution in [0.25, 0.3) is 0 Å². The molecule has 46 heavy (non-hydrogen) atoms. The van der Waals surface area contributed by atoms with Crippen molar-refractivity contribution in [2.45, 2.75) is 43.1 Å². The van der Waals surface area contributed by atoms with Crippen molar-refractivity contribution in [3.63, 3.8) is 0 Å². The number of halogens is 1. The SMILES string of the molecule is COC(=O)N[C@H](C(=O)Nc1ccccc1CC[C@@H]1CNC[C@@H](C(OC)c2ccc(Cl)cc2)O1)C(c1ccccc1)c1ccccc1. The molecule has 1 fully saturated rings. The number of nitrogens with one attached hydrogen (secondary N) is 3. The van der Waals surface area contributed by atoms with E-state index in [2.05, 4.69) is 16.0 Å². The molecule has 1 aliphatic rings. The van der Waals surface area contributed by atoms with Crippen LogP contribution in [0.1, 0.15) is 40.7 Å². The predicted octanol–water partition coefficient (Wildman–Crippen LogP) is 6.51. The largest absolute Gasteiger partial charge is 0.453 e. The molecule has 1 heterocycles. The number of ether oxygens (including phenoxy) is 3. The molecule has 1 aliphatic heterocycles. The third-order valence-corrected chi connectivity index (χ3v) is 8.53. The zero-order valence-electron chi connectivity index (χ0n) is 26.0. The summed E-state index contributed by atoms with van der Waals surface area (Å²) in [5, 5.41) is 10.1. The Morgan fingerprint density at radius 2 is 1.48 bits per heavy atom. The smallest absolute Gasteiger partial charge is 0.407 e. The summed E-state index contributed by atoms with van der Waals surface area (Å²) in [6.07, 6.45) is 0.257.